The average molecular weight is 352 g/mol. The molecule has 138 valence electrons. The number of nitrogens with one attached hydrogen (secondary N) is 2. The Morgan fingerprint density at radius 3 is 2.38 bits per heavy atom. The Kier molecular flexibility index (Phi) is 7.31. The third-order valence-corrected chi connectivity index (χ3v) is 4.70. The van der Waals surface area contributed by atoms with Crippen LogP contribution in [0.2, 0.25) is 0 Å². The van der Waals surface area contributed by atoms with Gasteiger partial charge in [0.05, 0.1) is 0 Å². The van der Waals surface area contributed by atoms with Crippen LogP contribution >= 0.6 is 0 Å². The normalized spacial score (nSPS) is 12.0. The van der Waals surface area contributed by atoms with Crippen LogP contribution in [-0.4, -0.2) is 20.6 Å². The standard InChI is InChI=1S/C23H29FN2/c1-6-19-14-21(24)13-16(2)23(19)22(11-12-25-4)17(3)20-9-7-18(8-10-20)15-26-5/h6-10,13-14,25-26H,1,11-12,15H2,2-5H3/b22-17+. The van der Waals surface area contributed by atoms with Crippen molar-refractivity contribution >= 4 is 17.2 Å². The second kappa shape index (κ2) is 9.46. The lowest BCUT2D eigenvalue weighted by Gasteiger charge is -2.19. The molecule has 0 saturated carbocycles. The summed E-state index contributed by atoms with van der Waals surface area (Å²) >= 11 is 0. The van der Waals surface area contributed by atoms with E-state index in [0.29, 0.717) is 0 Å². The molecule has 0 unspecified atom stereocenters. The molecule has 26 heavy (non-hydrogen) atoms. The van der Waals surface area contributed by atoms with E-state index in [0.717, 1.165) is 36.2 Å². The predicted molar refractivity (Wildman–Crippen MR) is 111 cm³/mol. The number of hydrogen-bond donors (Lipinski definition) is 2. The minimum absolute atomic E-state index is 0.219. The van der Waals surface area contributed by atoms with Gasteiger partial charge in [-0.1, -0.05) is 36.9 Å². The van der Waals surface area contributed by atoms with Crippen LogP contribution in [0.15, 0.2) is 43.0 Å². The zero-order valence-electron chi connectivity index (χ0n) is 16.2. The maximum Gasteiger partial charge on any atom is 0.124 e. The molecule has 2 nitrogen and oxygen atoms in total. The van der Waals surface area contributed by atoms with Crippen LogP contribution in [0.1, 0.15) is 41.2 Å². The molecule has 0 aliphatic carbocycles. The summed E-state index contributed by atoms with van der Waals surface area (Å²) in [5.41, 5.74) is 7.77. The molecule has 2 aromatic rings. The molecule has 0 aliphatic rings. The molecular weight excluding hydrogens is 323 g/mol. The van der Waals surface area contributed by atoms with E-state index in [2.05, 4.69) is 48.4 Å². The fourth-order valence-electron chi connectivity index (χ4n) is 3.34. The van der Waals surface area contributed by atoms with Gasteiger partial charge in [0.15, 0.2) is 0 Å². The molecule has 0 aliphatic heterocycles. The molecule has 2 rings (SSSR count). The highest BCUT2D eigenvalue weighted by Gasteiger charge is 2.15. The van der Waals surface area contributed by atoms with Gasteiger partial charge in [-0.25, -0.2) is 4.39 Å². The Labute approximate surface area is 156 Å². The van der Waals surface area contributed by atoms with Gasteiger partial charge in [0.1, 0.15) is 5.82 Å². The lowest BCUT2D eigenvalue weighted by molar-refractivity contribution is 0.626. The SMILES string of the molecule is C=Cc1cc(F)cc(C)c1/C(CCNC)=C(\C)c1ccc(CNC)cc1. The van der Waals surface area contributed by atoms with Gasteiger partial charge in [0.25, 0.3) is 0 Å². The molecule has 3 heteroatoms. The highest BCUT2D eigenvalue weighted by atomic mass is 19.1. The van der Waals surface area contributed by atoms with Gasteiger partial charge in [0, 0.05) is 6.54 Å². The van der Waals surface area contributed by atoms with Crippen LogP contribution < -0.4 is 10.6 Å². The van der Waals surface area contributed by atoms with Crippen molar-refractivity contribution in [2.75, 3.05) is 20.6 Å². The zero-order chi connectivity index (χ0) is 19.1. The smallest absolute Gasteiger partial charge is 0.124 e. The molecule has 0 amide bonds. The lowest BCUT2D eigenvalue weighted by Crippen LogP contribution is -2.10. The van der Waals surface area contributed by atoms with E-state index in [1.165, 1.54) is 22.3 Å². The molecule has 0 bridgehead atoms. The van der Waals surface area contributed by atoms with Gasteiger partial charge in [-0.05, 0) is 92.0 Å². The summed E-state index contributed by atoms with van der Waals surface area (Å²) in [6.07, 6.45) is 2.61. The van der Waals surface area contributed by atoms with Gasteiger partial charge in [-0.2, -0.15) is 0 Å². The number of hydrogen-bond acceptors (Lipinski definition) is 2. The molecule has 0 saturated heterocycles. The summed E-state index contributed by atoms with van der Waals surface area (Å²) in [5, 5.41) is 6.40. The second-order valence-corrected chi connectivity index (χ2v) is 6.58. The number of halogens is 1. The maximum absolute atomic E-state index is 13.9. The summed E-state index contributed by atoms with van der Waals surface area (Å²) in [7, 11) is 3.90. The van der Waals surface area contributed by atoms with Crippen molar-refractivity contribution < 1.29 is 4.39 Å². The summed E-state index contributed by atoms with van der Waals surface area (Å²) in [4.78, 5) is 0. The molecular formula is C23H29FN2. The summed E-state index contributed by atoms with van der Waals surface area (Å²) in [6, 6.07) is 11.8. The Balaban J connectivity index is 2.59. The van der Waals surface area contributed by atoms with Crippen molar-refractivity contribution in [3.8, 4) is 0 Å². The minimum atomic E-state index is -0.219. The monoisotopic (exact) mass is 352 g/mol. The van der Waals surface area contributed by atoms with Gasteiger partial charge in [0.2, 0.25) is 0 Å². The third-order valence-electron chi connectivity index (χ3n) is 4.70. The number of benzene rings is 2. The van der Waals surface area contributed by atoms with Crippen molar-refractivity contribution in [2.45, 2.75) is 26.8 Å². The van der Waals surface area contributed by atoms with Crippen LogP contribution in [0, 0.1) is 12.7 Å². The largest absolute Gasteiger partial charge is 0.319 e. The molecule has 0 spiro atoms. The zero-order valence-corrected chi connectivity index (χ0v) is 16.2. The van der Waals surface area contributed by atoms with Crippen molar-refractivity contribution in [1.29, 1.82) is 0 Å². The first-order chi connectivity index (χ1) is 12.5. The van der Waals surface area contributed by atoms with E-state index in [1.54, 1.807) is 18.2 Å². The fraction of sp³-hybridized carbons (Fsp3) is 0.304. The van der Waals surface area contributed by atoms with Gasteiger partial charge >= 0.3 is 0 Å². The van der Waals surface area contributed by atoms with Crippen LogP contribution in [0.3, 0.4) is 0 Å². The van der Waals surface area contributed by atoms with E-state index in [4.69, 9.17) is 0 Å². The van der Waals surface area contributed by atoms with Crippen molar-refractivity contribution in [3.63, 3.8) is 0 Å². The Morgan fingerprint density at radius 2 is 1.81 bits per heavy atom. The maximum atomic E-state index is 13.9. The average Bonchev–Trinajstić information content (AvgIpc) is 2.63. The van der Waals surface area contributed by atoms with Gasteiger partial charge in [-0.15, -0.1) is 0 Å². The molecule has 0 heterocycles. The second-order valence-electron chi connectivity index (χ2n) is 6.58. The first-order valence-corrected chi connectivity index (χ1v) is 9.03. The van der Waals surface area contributed by atoms with Crippen LogP contribution in [0.4, 0.5) is 4.39 Å². The molecule has 0 aromatic heterocycles. The highest BCUT2D eigenvalue weighted by Crippen LogP contribution is 2.34. The van der Waals surface area contributed by atoms with Crippen LogP contribution in [-0.2, 0) is 6.54 Å². The minimum Gasteiger partial charge on any atom is -0.319 e. The quantitative estimate of drug-likeness (QED) is 0.651. The van der Waals surface area contributed by atoms with E-state index >= 15 is 0 Å². The Hall–Kier alpha value is -2.23. The first kappa shape index (κ1) is 20.1. The molecule has 0 atom stereocenters. The number of allylic oxidation sites excluding steroid dienone is 1. The van der Waals surface area contributed by atoms with E-state index < -0.39 is 0 Å². The molecule has 2 N–H and O–H groups in total. The highest BCUT2D eigenvalue weighted by molar-refractivity contribution is 5.93. The Bertz CT molecular complexity index is 789. The number of aryl methyl sites for hydroxylation is 1. The van der Waals surface area contributed by atoms with Crippen molar-refractivity contribution in [1.82, 2.24) is 10.6 Å². The van der Waals surface area contributed by atoms with Gasteiger partial charge < -0.3 is 10.6 Å². The van der Waals surface area contributed by atoms with Crippen LogP contribution in [0.25, 0.3) is 17.2 Å². The molecule has 2 aromatic carbocycles. The molecule has 0 radical (unpaired) electrons. The number of rotatable bonds is 8. The predicted octanol–water partition coefficient (Wildman–Crippen LogP) is 5.04. The van der Waals surface area contributed by atoms with E-state index in [1.807, 2.05) is 21.0 Å². The summed E-state index contributed by atoms with van der Waals surface area (Å²) in [6.45, 7) is 9.72. The first-order valence-electron chi connectivity index (χ1n) is 9.03. The van der Waals surface area contributed by atoms with Crippen LogP contribution in [0.5, 0.6) is 0 Å². The summed E-state index contributed by atoms with van der Waals surface area (Å²) in [5.74, 6) is -0.219. The van der Waals surface area contributed by atoms with Gasteiger partial charge in [-0.3, -0.25) is 0 Å². The lowest BCUT2D eigenvalue weighted by atomic mass is 9.87. The fourth-order valence-corrected chi connectivity index (χ4v) is 3.34. The van der Waals surface area contributed by atoms with E-state index in [9.17, 15) is 4.39 Å². The van der Waals surface area contributed by atoms with E-state index in [-0.39, 0.29) is 5.82 Å². The molecule has 0 fully saturated rings. The van der Waals surface area contributed by atoms with Crippen molar-refractivity contribution in [2.24, 2.45) is 0 Å². The summed E-state index contributed by atoms with van der Waals surface area (Å²) < 4.78 is 13.9. The van der Waals surface area contributed by atoms with Crippen molar-refractivity contribution in [3.05, 3.63) is 76.6 Å². The topological polar surface area (TPSA) is 24.1 Å². The third kappa shape index (κ3) is 4.69. The Morgan fingerprint density at radius 1 is 1.12 bits per heavy atom.